The zero-order valence-corrected chi connectivity index (χ0v) is 11.4. The monoisotopic (exact) mass is 285 g/mol. The lowest BCUT2D eigenvalue weighted by Gasteiger charge is -2.32. The van der Waals surface area contributed by atoms with Gasteiger partial charge in [-0.15, -0.1) is 0 Å². The van der Waals surface area contributed by atoms with E-state index in [-0.39, 0.29) is 29.9 Å². The average Bonchev–Trinajstić information content (AvgIpc) is 2.35. The highest BCUT2D eigenvalue weighted by molar-refractivity contribution is 6.31. The molecule has 0 aliphatic carbocycles. The van der Waals surface area contributed by atoms with E-state index in [1.165, 1.54) is 11.0 Å². The van der Waals surface area contributed by atoms with Gasteiger partial charge >= 0.3 is 0 Å². The van der Waals surface area contributed by atoms with Crippen LogP contribution < -0.4 is 9.96 Å². The molecule has 6 nitrogen and oxygen atoms in total. The minimum absolute atomic E-state index is 0.0550. The first-order valence-electron chi connectivity index (χ1n) is 5.78. The number of carbonyl (C=O) groups is 1. The molecule has 1 unspecified atom stereocenters. The van der Waals surface area contributed by atoms with Crippen LogP contribution >= 0.6 is 11.6 Å². The van der Waals surface area contributed by atoms with Crippen molar-refractivity contribution in [2.45, 2.75) is 6.42 Å². The van der Waals surface area contributed by atoms with Gasteiger partial charge in [-0.05, 0) is 12.5 Å². The van der Waals surface area contributed by atoms with Crippen LogP contribution in [0.15, 0.2) is 12.1 Å². The van der Waals surface area contributed by atoms with Gasteiger partial charge in [0.25, 0.3) is 0 Å². The molecule has 1 heterocycles. The standard InChI is InChI=1S/C12H14ClN2O4/c1-14(2)12(16)8-3-7-4-9(13)5-10(15(17)18)11(7)19-6-8/h4-5,8,15H,3,6H2,1-2H3/q-1. The summed E-state index contributed by atoms with van der Waals surface area (Å²) in [4.78, 5) is 13.4. The van der Waals surface area contributed by atoms with Gasteiger partial charge < -0.3 is 25.3 Å². The topological polar surface area (TPSA) is 80.1 Å². The van der Waals surface area contributed by atoms with E-state index >= 15 is 0 Å². The predicted octanol–water partition coefficient (Wildman–Crippen LogP) is 0.491. The highest BCUT2D eigenvalue weighted by atomic mass is 35.5. The summed E-state index contributed by atoms with van der Waals surface area (Å²) in [6.07, 6.45) is 0.410. The molecule has 1 N–H and O–H groups in total. The highest BCUT2D eigenvalue weighted by Gasteiger charge is 2.30. The number of benzene rings is 1. The van der Waals surface area contributed by atoms with E-state index in [1.54, 1.807) is 20.2 Å². The Bertz CT molecular complexity index is 505. The molecule has 1 aromatic carbocycles. The fourth-order valence-corrected chi connectivity index (χ4v) is 2.40. The molecule has 0 bridgehead atoms. The fourth-order valence-electron chi connectivity index (χ4n) is 2.16. The molecular formula is C12H14ClN2O4-. The van der Waals surface area contributed by atoms with Gasteiger partial charge in [-0.1, -0.05) is 11.6 Å². The molecular weight excluding hydrogens is 272 g/mol. The van der Waals surface area contributed by atoms with E-state index in [2.05, 4.69) is 0 Å². The number of nitrogens with zero attached hydrogens (tertiary/aromatic N) is 1. The van der Waals surface area contributed by atoms with Crippen molar-refractivity contribution in [1.29, 1.82) is 0 Å². The van der Waals surface area contributed by atoms with Crippen LogP contribution in [-0.4, -0.2) is 31.5 Å². The number of carbonyl (C=O) groups excluding carboxylic acids is 1. The third-order valence-electron chi connectivity index (χ3n) is 3.04. The van der Waals surface area contributed by atoms with Crippen LogP contribution in [0.4, 0.5) is 5.69 Å². The van der Waals surface area contributed by atoms with Crippen LogP contribution in [0, 0.1) is 16.3 Å². The second-order valence-corrected chi connectivity index (χ2v) is 5.11. The van der Waals surface area contributed by atoms with Crippen molar-refractivity contribution in [1.82, 2.24) is 4.90 Å². The summed E-state index contributed by atoms with van der Waals surface area (Å²) >= 11 is 5.87. The number of rotatable bonds is 2. The van der Waals surface area contributed by atoms with E-state index in [9.17, 15) is 15.2 Å². The number of quaternary nitrogens is 1. The predicted molar refractivity (Wildman–Crippen MR) is 70.2 cm³/mol. The van der Waals surface area contributed by atoms with E-state index in [1.807, 2.05) is 0 Å². The van der Waals surface area contributed by atoms with Gasteiger partial charge in [0, 0.05) is 30.7 Å². The Morgan fingerprint density at radius 3 is 2.74 bits per heavy atom. The molecule has 0 aromatic heterocycles. The van der Waals surface area contributed by atoms with Gasteiger partial charge in [0.05, 0.1) is 5.92 Å². The smallest absolute Gasteiger partial charge is 0.228 e. The molecule has 1 aromatic rings. The molecule has 1 aliphatic rings. The summed E-state index contributed by atoms with van der Waals surface area (Å²) in [5.41, 5.74) is 0.552. The first-order chi connectivity index (χ1) is 8.90. The van der Waals surface area contributed by atoms with Gasteiger partial charge in [-0.2, -0.15) is 0 Å². The number of fused-ring (bicyclic) bond motifs is 1. The lowest BCUT2D eigenvalue weighted by molar-refractivity contribution is -0.715. The number of hydrogen-bond acceptors (Lipinski definition) is 4. The van der Waals surface area contributed by atoms with Crippen molar-refractivity contribution in [3.05, 3.63) is 33.1 Å². The average molecular weight is 286 g/mol. The number of ether oxygens (including phenoxy) is 1. The van der Waals surface area contributed by atoms with Gasteiger partial charge in [-0.3, -0.25) is 4.79 Å². The van der Waals surface area contributed by atoms with Crippen LogP contribution in [0.2, 0.25) is 5.02 Å². The summed E-state index contributed by atoms with van der Waals surface area (Å²) in [5, 5.41) is 21.0. The van der Waals surface area contributed by atoms with Crippen LogP contribution in [-0.2, 0) is 11.2 Å². The third-order valence-corrected chi connectivity index (χ3v) is 3.25. The van der Waals surface area contributed by atoms with Gasteiger partial charge in [0.2, 0.25) is 5.91 Å². The Hall–Kier alpha value is -1.34. The lowest BCUT2D eigenvalue weighted by atomic mass is 9.95. The number of hydrogen-bond donors (Lipinski definition) is 1. The molecule has 0 fully saturated rings. The van der Waals surface area contributed by atoms with Crippen molar-refractivity contribution in [3.8, 4) is 5.75 Å². The van der Waals surface area contributed by atoms with E-state index in [4.69, 9.17) is 16.3 Å². The minimum atomic E-state index is -1.34. The van der Waals surface area contributed by atoms with Crippen molar-refractivity contribution in [3.63, 3.8) is 0 Å². The van der Waals surface area contributed by atoms with E-state index in [0.29, 0.717) is 17.0 Å². The largest absolute Gasteiger partial charge is 0.628 e. The molecule has 1 aliphatic heterocycles. The Morgan fingerprint density at radius 1 is 1.47 bits per heavy atom. The molecule has 2 rings (SSSR count). The summed E-state index contributed by atoms with van der Waals surface area (Å²) in [7, 11) is 3.34. The van der Waals surface area contributed by atoms with Crippen molar-refractivity contribution < 1.29 is 14.8 Å². The minimum Gasteiger partial charge on any atom is -0.628 e. The second kappa shape index (κ2) is 5.34. The van der Waals surface area contributed by atoms with Crippen LogP contribution in [0.5, 0.6) is 5.75 Å². The summed E-state index contributed by atoms with van der Waals surface area (Å²) < 4.78 is 5.43. The van der Waals surface area contributed by atoms with Crippen molar-refractivity contribution >= 4 is 23.2 Å². The van der Waals surface area contributed by atoms with E-state index < -0.39 is 5.23 Å². The molecule has 1 atom stereocenters. The second-order valence-electron chi connectivity index (χ2n) is 4.67. The van der Waals surface area contributed by atoms with Crippen molar-refractivity contribution in [2.24, 2.45) is 5.92 Å². The Morgan fingerprint density at radius 2 is 2.16 bits per heavy atom. The van der Waals surface area contributed by atoms with E-state index in [0.717, 1.165) is 0 Å². The normalized spacial score (nSPS) is 17.9. The molecule has 104 valence electrons. The lowest BCUT2D eigenvalue weighted by Crippen LogP contribution is -2.96. The van der Waals surface area contributed by atoms with Crippen LogP contribution in [0.25, 0.3) is 0 Å². The number of halogens is 1. The molecule has 0 saturated heterocycles. The third kappa shape index (κ3) is 2.82. The molecule has 0 spiro atoms. The Balaban J connectivity index is 2.33. The zero-order chi connectivity index (χ0) is 14.2. The molecule has 1 amide bonds. The van der Waals surface area contributed by atoms with Gasteiger partial charge in [-0.25, -0.2) is 0 Å². The first-order valence-corrected chi connectivity index (χ1v) is 6.15. The van der Waals surface area contributed by atoms with Crippen LogP contribution in [0.1, 0.15) is 5.56 Å². The maximum absolute atomic E-state index is 11.9. The molecule has 0 saturated carbocycles. The van der Waals surface area contributed by atoms with Gasteiger partial charge in [0.1, 0.15) is 6.61 Å². The fraction of sp³-hybridized carbons (Fsp3) is 0.417. The first kappa shape index (κ1) is 14.1. The molecule has 19 heavy (non-hydrogen) atoms. The number of amides is 1. The van der Waals surface area contributed by atoms with Crippen LogP contribution in [0.3, 0.4) is 0 Å². The Labute approximate surface area is 115 Å². The molecule has 7 heteroatoms. The highest BCUT2D eigenvalue weighted by Crippen LogP contribution is 2.35. The quantitative estimate of drug-likeness (QED) is 0.802. The SMILES string of the molecule is CN(C)C(=O)C1COc2c(cc(Cl)cc2[NH+]([O-])[O-])C1. The maximum Gasteiger partial charge on any atom is 0.228 e. The maximum atomic E-state index is 11.9. The summed E-state index contributed by atoms with van der Waals surface area (Å²) in [5.74, 6) is -0.122. The van der Waals surface area contributed by atoms with Crippen molar-refractivity contribution in [2.75, 3.05) is 20.7 Å². The Kier molecular flexibility index (Phi) is 3.96. The summed E-state index contributed by atoms with van der Waals surface area (Å²) in [6.45, 7) is 0.159. The summed E-state index contributed by atoms with van der Waals surface area (Å²) in [6, 6.07) is 2.92. The van der Waals surface area contributed by atoms with Gasteiger partial charge in [0.15, 0.2) is 11.4 Å². The zero-order valence-electron chi connectivity index (χ0n) is 10.6. The molecule has 0 radical (unpaired) electrons. The number of nitrogens with one attached hydrogen (secondary N) is 1.